The van der Waals surface area contributed by atoms with Crippen molar-refractivity contribution >= 4 is 46.1 Å². The van der Waals surface area contributed by atoms with Gasteiger partial charge in [0, 0.05) is 20.1 Å². The summed E-state index contributed by atoms with van der Waals surface area (Å²) in [6, 6.07) is 12.9. The number of imidazole rings is 1. The maximum atomic E-state index is 12.8. The molecule has 0 saturated heterocycles. The molecule has 0 aliphatic heterocycles. The lowest BCUT2D eigenvalue weighted by molar-refractivity contribution is -0.130. The van der Waals surface area contributed by atoms with E-state index >= 15 is 0 Å². The van der Waals surface area contributed by atoms with Crippen LogP contribution in [0.4, 0.5) is 5.95 Å². The first-order chi connectivity index (χ1) is 13.0. The lowest BCUT2D eigenvalue weighted by atomic mass is 10.2. The number of carbonyl (C=O) groups excluding carboxylic acids is 1. The molecule has 3 rings (SSSR count). The molecule has 0 aliphatic rings. The predicted molar refractivity (Wildman–Crippen MR) is 108 cm³/mol. The summed E-state index contributed by atoms with van der Waals surface area (Å²) in [5, 5.41) is 13.1. The van der Waals surface area contributed by atoms with Crippen LogP contribution in [0, 0.1) is 0 Å². The molecule has 1 heterocycles. The summed E-state index contributed by atoms with van der Waals surface area (Å²) in [6.07, 6.45) is 0. The van der Waals surface area contributed by atoms with Crippen LogP contribution in [0.3, 0.4) is 0 Å². The van der Waals surface area contributed by atoms with Gasteiger partial charge in [-0.15, -0.1) is 0 Å². The first kappa shape index (κ1) is 19.5. The molecule has 1 amide bonds. The van der Waals surface area contributed by atoms with Gasteiger partial charge in [0.1, 0.15) is 6.54 Å². The Morgan fingerprint density at radius 2 is 2.00 bits per heavy atom. The van der Waals surface area contributed by atoms with E-state index in [4.69, 9.17) is 28.3 Å². The summed E-state index contributed by atoms with van der Waals surface area (Å²) in [5.41, 5.74) is 2.54. The van der Waals surface area contributed by atoms with Gasteiger partial charge in [0.05, 0.1) is 27.7 Å². The number of likely N-dealkylation sites (N-methyl/N-ethyl adjacent to an activating group) is 1. The first-order valence-electron chi connectivity index (χ1n) is 8.47. The van der Waals surface area contributed by atoms with E-state index in [0.717, 1.165) is 16.6 Å². The van der Waals surface area contributed by atoms with E-state index in [0.29, 0.717) is 29.1 Å². The second kappa shape index (κ2) is 8.61. The number of benzene rings is 2. The molecule has 8 heteroatoms. The van der Waals surface area contributed by atoms with Crippen molar-refractivity contribution in [2.24, 2.45) is 0 Å². The highest BCUT2D eigenvalue weighted by Crippen LogP contribution is 2.23. The molecule has 0 unspecified atom stereocenters. The van der Waals surface area contributed by atoms with Crippen molar-refractivity contribution in [3.63, 3.8) is 0 Å². The summed E-state index contributed by atoms with van der Waals surface area (Å²) in [5.74, 6) is 0.484. The molecule has 0 aliphatic carbocycles. The van der Waals surface area contributed by atoms with Crippen LogP contribution in [-0.2, 0) is 17.9 Å². The Bertz CT molecular complexity index is 958. The maximum Gasteiger partial charge on any atom is 0.242 e. The second-order valence-electron chi connectivity index (χ2n) is 6.16. The Kier molecular flexibility index (Phi) is 6.21. The van der Waals surface area contributed by atoms with Crippen molar-refractivity contribution in [3.8, 4) is 0 Å². The Balaban J connectivity index is 1.78. The minimum Gasteiger partial charge on any atom is -0.395 e. The number of fused-ring (bicyclic) bond motifs is 1. The number of anilines is 1. The van der Waals surface area contributed by atoms with E-state index in [9.17, 15) is 4.79 Å². The minimum absolute atomic E-state index is 0.0195. The van der Waals surface area contributed by atoms with Crippen molar-refractivity contribution in [3.05, 3.63) is 58.1 Å². The van der Waals surface area contributed by atoms with Gasteiger partial charge in [0.15, 0.2) is 0 Å². The van der Waals surface area contributed by atoms with Crippen LogP contribution >= 0.6 is 23.2 Å². The molecular formula is C19H20Cl2N4O2. The van der Waals surface area contributed by atoms with Crippen LogP contribution in [0.25, 0.3) is 11.0 Å². The van der Waals surface area contributed by atoms with Crippen LogP contribution < -0.4 is 5.32 Å². The van der Waals surface area contributed by atoms with Gasteiger partial charge in [-0.05, 0) is 29.8 Å². The van der Waals surface area contributed by atoms with Gasteiger partial charge >= 0.3 is 0 Å². The molecule has 27 heavy (non-hydrogen) atoms. The number of nitrogens with one attached hydrogen (secondary N) is 1. The maximum absolute atomic E-state index is 12.8. The van der Waals surface area contributed by atoms with Gasteiger partial charge < -0.3 is 19.9 Å². The van der Waals surface area contributed by atoms with Crippen LogP contribution in [-0.4, -0.2) is 45.7 Å². The largest absolute Gasteiger partial charge is 0.395 e. The number of nitrogens with zero attached hydrogens (tertiary/aromatic N) is 3. The molecule has 0 bridgehead atoms. The number of carbonyl (C=O) groups is 1. The standard InChI is InChI=1S/C19H20Cl2N4O2/c1-24(11-13-6-7-14(20)15(21)10-13)18(27)12-25-17-5-3-2-4-16(17)23-19(25)22-8-9-26/h2-7,10,26H,8-9,11-12H2,1H3,(H,22,23). The minimum atomic E-state index is -0.0729. The van der Waals surface area contributed by atoms with Crippen molar-refractivity contribution in [2.75, 3.05) is 25.5 Å². The molecular weight excluding hydrogens is 387 g/mol. The average Bonchev–Trinajstić information content (AvgIpc) is 3.00. The fraction of sp³-hybridized carbons (Fsp3) is 0.263. The smallest absolute Gasteiger partial charge is 0.242 e. The van der Waals surface area contributed by atoms with Gasteiger partial charge in [0.25, 0.3) is 0 Å². The summed E-state index contributed by atoms with van der Waals surface area (Å²) in [4.78, 5) is 18.9. The van der Waals surface area contributed by atoms with Crippen molar-refractivity contribution in [2.45, 2.75) is 13.1 Å². The van der Waals surface area contributed by atoms with Gasteiger partial charge in [-0.25, -0.2) is 4.98 Å². The van der Waals surface area contributed by atoms with Crippen LogP contribution in [0.5, 0.6) is 0 Å². The van der Waals surface area contributed by atoms with E-state index in [1.807, 2.05) is 34.9 Å². The number of hydrogen-bond acceptors (Lipinski definition) is 4. The fourth-order valence-corrected chi connectivity index (χ4v) is 3.11. The van der Waals surface area contributed by atoms with E-state index < -0.39 is 0 Å². The molecule has 0 saturated carbocycles. The number of amides is 1. The number of halogens is 2. The van der Waals surface area contributed by atoms with Gasteiger partial charge in [0.2, 0.25) is 11.9 Å². The topological polar surface area (TPSA) is 70.4 Å². The molecule has 0 fully saturated rings. The van der Waals surface area contributed by atoms with Gasteiger partial charge in [-0.2, -0.15) is 0 Å². The normalized spacial score (nSPS) is 11.0. The zero-order chi connectivity index (χ0) is 19.4. The van der Waals surface area contributed by atoms with E-state index in [1.54, 1.807) is 24.1 Å². The first-order valence-corrected chi connectivity index (χ1v) is 9.23. The summed E-state index contributed by atoms with van der Waals surface area (Å²) in [7, 11) is 1.74. The zero-order valence-electron chi connectivity index (χ0n) is 14.8. The number of aromatic nitrogens is 2. The molecule has 2 aromatic carbocycles. The highest BCUT2D eigenvalue weighted by molar-refractivity contribution is 6.42. The highest BCUT2D eigenvalue weighted by Gasteiger charge is 2.16. The Labute approximate surface area is 167 Å². The summed E-state index contributed by atoms with van der Waals surface area (Å²) >= 11 is 12.0. The molecule has 0 radical (unpaired) electrons. The third kappa shape index (κ3) is 4.53. The average molecular weight is 407 g/mol. The third-order valence-corrected chi connectivity index (χ3v) is 4.91. The lowest BCUT2D eigenvalue weighted by Crippen LogP contribution is -2.30. The van der Waals surface area contributed by atoms with Crippen molar-refractivity contribution in [1.29, 1.82) is 0 Å². The number of aliphatic hydroxyl groups is 1. The Morgan fingerprint density at radius 1 is 1.22 bits per heavy atom. The lowest BCUT2D eigenvalue weighted by Gasteiger charge is -2.19. The van der Waals surface area contributed by atoms with E-state index in [2.05, 4.69) is 10.3 Å². The monoisotopic (exact) mass is 406 g/mol. The van der Waals surface area contributed by atoms with Gasteiger partial charge in [-0.1, -0.05) is 41.4 Å². The van der Waals surface area contributed by atoms with E-state index in [1.165, 1.54) is 0 Å². The van der Waals surface area contributed by atoms with Crippen molar-refractivity contribution < 1.29 is 9.90 Å². The SMILES string of the molecule is CN(Cc1ccc(Cl)c(Cl)c1)C(=O)Cn1c(NCCO)nc2ccccc21. The Hall–Kier alpha value is -2.28. The molecule has 6 nitrogen and oxygen atoms in total. The quantitative estimate of drug-likeness (QED) is 0.630. The third-order valence-electron chi connectivity index (χ3n) is 4.17. The fourth-order valence-electron chi connectivity index (χ4n) is 2.79. The summed E-state index contributed by atoms with van der Waals surface area (Å²) in [6.45, 7) is 0.888. The second-order valence-corrected chi connectivity index (χ2v) is 6.97. The number of aliphatic hydroxyl groups excluding tert-OH is 1. The molecule has 2 N–H and O–H groups in total. The van der Waals surface area contributed by atoms with Crippen LogP contribution in [0.15, 0.2) is 42.5 Å². The highest BCUT2D eigenvalue weighted by atomic mass is 35.5. The zero-order valence-corrected chi connectivity index (χ0v) is 16.3. The molecule has 1 aromatic heterocycles. The number of para-hydroxylation sites is 2. The Morgan fingerprint density at radius 3 is 2.74 bits per heavy atom. The molecule has 0 spiro atoms. The number of rotatable bonds is 7. The van der Waals surface area contributed by atoms with Crippen LogP contribution in [0.1, 0.15) is 5.56 Å². The molecule has 0 atom stereocenters. The summed E-state index contributed by atoms with van der Waals surface area (Å²) < 4.78 is 1.82. The molecule has 142 valence electrons. The molecule has 3 aromatic rings. The van der Waals surface area contributed by atoms with E-state index in [-0.39, 0.29) is 19.1 Å². The van der Waals surface area contributed by atoms with Gasteiger partial charge in [-0.3, -0.25) is 4.79 Å². The number of hydrogen-bond donors (Lipinski definition) is 2. The van der Waals surface area contributed by atoms with Crippen molar-refractivity contribution in [1.82, 2.24) is 14.5 Å². The van der Waals surface area contributed by atoms with Crippen LogP contribution in [0.2, 0.25) is 10.0 Å². The predicted octanol–water partition coefficient (Wildman–Crippen LogP) is 3.41.